The first-order chi connectivity index (χ1) is 8.72. The minimum atomic E-state index is -2.06. The lowest BCUT2D eigenvalue weighted by Gasteiger charge is -2.29. The zero-order valence-corrected chi connectivity index (χ0v) is 11.9. The molecule has 0 saturated heterocycles. The Morgan fingerprint density at radius 1 is 1.17 bits per heavy atom. The van der Waals surface area contributed by atoms with Crippen molar-refractivity contribution in [3.8, 4) is 0 Å². The van der Waals surface area contributed by atoms with E-state index in [1.54, 1.807) is 0 Å². The summed E-state index contributed by atoms with van der Waals surface area (Å²) in [5, 5.41) is 1.19. The molecule has 0 radical (unpaired) electrons. The van der Waals surface area contributed by atoms with Crippen LogP contribution in [0, 0.1) is 0 Å². The topological polar surface area (TPSA) is 26.3 Å². The maximum Gasteiger partial charge on any atom is 0.231 e. The average molecular weight is 260 g/mol. The molecular formula is C15H20O2Si. The summed E-state index contributed by atoms with van der Waals surface area (Å²) >= 11 is 0. The molecule has 0 fully saturated rings. The van der Waals surface area contributed by atoms with Crippen LogP contribution in [0.3, 0.4) is 0 Å². The molecule has 3 heteroatoms. The lowest BCUT2D eigenvalue weighted by atomic mass is 10.2. The van der Waals surface area contributed by atoms with Crippen molar-refractivity contribution < 1.29 is 9.22 Å². The second kappa shape index (κ2) is 7.09. The summed E-state index contributed by atoms with van der Waals surface area (Å²) in [6.07, 6.45) is 4.69. The van der Waals surface area contributed by atoms with Gasteiger partial charge < -0.3 is 4.43 Å². The Bertz CT molecular complexity index is 399. The van der Waals surface area contributed by atoms with Gasteiger partial charge in [-0.25, -0.2) is 0 Å². The molecule has 0 N–H and O–H groups in total. The molecule has 0 amide bonds. The van der Waals surface area contributed by atoms with Gasteiger partial charge in [0.15, 0.2) is 0 Å². The third kappa shape index (κ3) is 3.28. The normalized spacial score (nSPS) is 10.9. The Morgan fingerprint density at radius 3 is 2.11 bits per heavy atom. The summed E-state index contributed by atoms with van der Waals surface area (Å²) in [6, 6.07) is 9.39. The quantitative estimate of drug-likeness (QED) is 0.408. The van der Waals surface area contributed by atoms with E-state index >= 15 is 0 Å². The van der Waals surface area contributed by atoms with Gasteiger partial charge >= 0.3 is 0 Å². The van der Waals surface area contributed by atoms with E-state index in [-0.39, 0.29) is 0 Å². The van der Waals surface area contributed by atoms with Crippen LogP contribution in [0.2, 0.25) is 12.1 Å². The lowest BCUT2D eigenvalue weighted by molar-refractivity contribution is 0.112. The molecule has 1 aromatic carbocycles. The smallest absolute Gasteiger partial charge is 0.231 e. The number of allylic oxidation sites excluding steroid dienone is 2. The van der Waals surface area contributed by atoms with Crippen molar-refractivity contribution in [2.45, 2.75) is 19.0 Å². The summed E-state index contributed by atoms with van der Waals surface area (Å²) in [4.78, 5) is 10.7. The number of rotatable bonds is 8. The highest BCUT2D eigenvalue weighted by Gasteiger charge is 2.34. The van der Waals surface area contributed by atoms with Gasteiger partial charge in [0, 0.05) is 12.2 Å². The van der Waals surface area contributed by atoms with Gasteiger partial charge in [-0.2, -0.15) is 0 Å². The van der Waals surface area contributed by atoms with Crippen molar-refractivity contribution in [1.82, 2.24) is 0 Å². The van der Waals surface area contributed by atoms with Crippen LogP contribution < -0.4 is 5.19 Å². The monoisotopic (exact) mass is 260 g/mol. The summed E-state index contributed by atoms with van der Waals surface area (Å²) < 4.78 is 6.08. The van der Waals surface area contributed by atoms with Gasteiger partial charge in [-0.15, -0.1) is 13.2 Å². The van der Waals surface area contributed by atoms with Gasteiger partial charge in [-0.05, 0) is 24.2 Å². The van der Waals surface area contributed by atoms with E-state index in [9.17, 15) is 4.79 Å². The molecule has 0 atom stereocenters. The Labute approximate surface area is 110 Å². The van der Waals surface area contributed by atoms with Crippen LogP contribution in [0.1, 0.15) is 17.3 Å². The van der Waals surface area contributed by atoms with Crippen molar-refractivity contribution in [3.63, 3.8) is 0 Å². The fourth-order valence-corrected chi connectivity index (χ4v) is 5.43. The molecule has 18 heavy (non-hydrogen) atoms. The molecule has 0 aromatic heterocycles. The highest BCUT2D eigenvalue weighted by molar-refractivity contribution is 6.87. The maximum atomic E-state index is 10.7. The molecule has 0 bridgehead atoms. The first-order valence-corrected chi connectivity index (χ1v) is 8.46. The lowest BCUT2D eigenvalue weighted by Crippen LogP contribution is -2.50. The fraction of sp³-hybridized carbons (Fsp3) is 0.267. The van der Waals surface area contributed by atoms with Crippen LogP contribution in [0.5, 0.6) is 0 Å². The molecule has 96 valence electrons. The highest BCUT2D eigenvalue weighted by Crippen LogP contribution is 2.19. The van der Waals surface area contributed by atoms with E-state index < -0.39 is 8.32 Å². The predicted octanol–water partition coefficient (Wildman–Crippen LogP) is 3.06. The van der Waals surface area contributed by atoms with E-state index in [0.29, 0.717) is 12.2 Å². The summed E-state index contributed by atoms with van der Waals surface area (Å²) in [6.45, 7) is 10.4. The van der Waals surface area contributed by atoms with Gasteiger partial charge in [0.25, 0.3) is 0 Å². The van der Waals surface area contributed by atoms with Gasteiger partial charge in [-0.3, -0.25) is 4.79 Å². The van der Waals surface area contributed by atoms with E-state index in [1.807, 2.05) is 43.3 Å². The molecule has 0 spiro atoms. The van der Waals surface area contributed by atoms with Crippen LogP contribution in [-0.4, -0.2) is 21.2 Å². The summed E-state index contributed by atoms with van der Waals surface area (Å²) in [5.41, 5.74) is 0.690. The van der Waals surface area contributed by atoms with Crippen molar-refractivity contribution in [3.05, 3.63) is 55.1 Å². The second-order valence-corrected chi connectivity index (χ2v) is 7.82. The third-order valence-electron chi connectivity index (χ3n) is 2.94. The molecule has 0 aliphatic rings. The van der Waals surface area contributed by atoms with E-state index in [0.717, 1.165) is 18.4 Å². The molecular weight excluding hydrogens is 240 g/mol. The molecule has 0 saturated carbocycles. The SMILES string of the molecule is C=CC[Si](CC=C)(OCC)c1ccc(C=O)cc1. The largest absolute Gasteiger partial charge is 0.412 e. The fourth-order valence-electron chi connectivity index (χ4n) is 2.13. The molecule has 0 heterocycles. The Morgan fingerprint density at radius 2 is 1.72 bits per heavy atom. The molecule has 1 aromatic rings. The van der Waals surface area contributed by atoms with Crippen molar-refractivity contribution >= 4 is 19.8 Å². The number of carbonyl (C=O) groups excluding carboxylic acids is 1. The van der Waals surface area contributed by atoms with Gasteiger partial charge in [0.1, 0.15) is 6.29 Å². The zero-order chi connectivity index (χ0) is 13.4. The van der Waals surface area contributed by atoms with Crippen LogP contribution in [0.4, 0.5) is 0 Å². The van der Waals surface area contributed by atoms with Gasteiger partial charge in [0.2, 0.25) is 8.32 Å². The molecule has 0 unspecified atom stereocenters. The summed E-state index contributed by atoms with van der Waals surface area (Å²) in [7, 11) is -2.06. The highest BCUT2D eigenvalue weighted by atomic mass is 28.4. The Kier molecular flexibility index (Phi) is 5.75. The molecule has 2 nitrogen and oxygen atoms in total. The zero-order valence-electron chi connectivity index (χ0n) is 10.9. The van der Waals surface area contributed by atoms with Crippen molar-refractivity contribution in [2.24, 2.45) is 0 Å². The van der Waals surface area contributed by atoms with Gasteiger partial charge in [0.05, 0.1) is 0 Å². The van der Waals surface area contributed by atoms with E-state index in [4.69, 9.17) is 4.43 Å². The number of aldehydes is 1. The first kappa shape index (κ1) is 14.6. The molecule has 0 aliphatic heterocycles. The minimum absolute atomic E-state index is 0.684. The minimum Gasteiger partial charge on any atom is -0.412 e. The van der Waals surface area contributed by atoms with Crippen LogP contribution in [0.15, 0.2) is 49.6 Å². The van der Waals surface area contributed by atoms with Crippen LogP contribution >= 0.6 is 0 Å². The van der Waals surface area contributed by atoms with E-state index in [2.05, 4.69) is 13.2 Å². The number of hydrogen-bond acceptors (Lipinski definition) is 2. The van der Waals surface area contributed by atoms with Crippen LogP contribution in [0.25, 0.3) is 0 Å². The van der Waals surface area contributed by atoms with Crippen LogP contribution in [-0.2, 0) is 4.43 Å². The maximum absolute atomic E-state index is 10.7. The number of hydrogen-bond donors (Lipinski definition) is 0. The third-order valence-corrected chi connectivity index (χ3v) is 7.06. The van der Waals surface area contributed by atoms with E-state index in [1.165, 1.54) is 5.19 Å². The average Bonchev–Trinajstić information content (AvgIpc) is 2.39. The Hall–Kier alpha value is -1.45. The van der Waals surface area contributed by atoms with Gasteiger partial charge in [-0.1, -0.05) is 36.4 Å². The molecule has 1 rings (SSSR count). The Balaban J connectivity index is 3.15. The number of benzene rings is 1. The summed E-state index contributed by atoms with van der Waals surface area (Å²) in [5.74, 6) is 0. The first-order valence-electron chi connectivity index (χ1n) is 6.14. The second-order valence-electron chi connectivity index (χ2n) is 4.15. The van der Waals surface area contributed by atoms with Crippen molar-refractivity contribution in [1.29, 1.82) is 0 Å². The predicted molar refractivity (Wildman–Crippen MR) is 78.9 cm³/mol. The molecule has 0 aliphatic carbocycles. The van der Waals surface area contributed by atoms with Crippen molar-refractivity contribution in [2.75, 3.05) is 6.61 Å². The number of carbonyl (C=O) groups is 1. The standard InChI is InChI=1S/C15H20O2Si/c1-4-11-18(12-5-2,17-6-3)15-9-7-14(13-16)8-10-15/h4-5,7-10,13H,1-2,6,11-12H2,3H3.